The number of hydrogen-bond acceptors (Lipinski definition) is 6. The van der Waals surface area contributed by atoms with Crippen molar-refractivity contribution < 1.29 is 23.9 Å². The van der Waals surface area contributed by atoms with Crippen LogP contribution in [0.3, 0.4) is 0 Å². The average molecular weight is 566 g/mol. The summed E-state index contributed by atoms with van der Waals surface area (Å²) in [5.74, 6) is -1.89. The van der Waals surface area contributed by atoms with E-state index in [0.29, 0.717) is 28.4 Å². The molecule has 10 heteroatoms. The molecule has 0 bridgehead atoms. The topological polar surface area (TPSA) is 105 Å². The second kappa shape index (κ2) is 12.6. The van der Waals surface area contributed by atoms with Crippen molar-refractivity contribution in [3.63, 3.8) is 0 Å². The zero-order chi connectivity index (χ0) is 27.9. The molecular formula is C29H25Cl2N3O5. The first-order valence-corrected chi connectivity index (χ1v) is 12.9. The lowest BCUT2D eigenvalue weighted by Crippen LogP contribution is -2.33. The fourth-order valence-electron chi connectivity index (χ4n) is 3.79. The molecule has 1 aliphatic rings. The Morgan fingerprint density at radius 1 is 0.872 bits per heavy atom. The number of nitrogens with zero attached hydrogens (tertiary/aromatic N) is 1. The smallest absolute Gasteiger partial charge is 0.338 e. The van der Waals surface area contributed by atoms with Gasteiger partial charge in [0.05, 0.1) is 18.7 Å². The number of anilines is 1. The molecule has 4 rings (SSSR count). The van der Waals surface area contributed by atoms with E-state index in [2.05, 4.69) is 10.6 Å². The van der Waals surface area contributed by atoms with Gasteiger partial charge in [-0.05, 0) is 60.0 Å². The van der Waals surface area contributed by atoms with Gasteiger partial charge in [-0.3, -0.25) is 19.3 Å². The van der Waals surface area contributed by atoms with Crippen LogP contribution in [0, 0.1) is 0 Å². The van der Waals surface area contributed by atoms with Crippen molar-refractivity contribution in [3.05, 3.63) is 111 Å². The van der Waals surface area contributed by atoms with Crippen molar-refractivity contribution in [1.82, 2.24) is 10.2 Å². The number of hydrogen-bond donors (Lipinski definition) is 2. The molecule has 0 aliphatic carbocycles. The maximum atomic E-state index is 12.8. The minimum Gasteiger partial charge on any atom is -0.462 e. The van der Waals surface area contributed by atoms with E-state index >= 15 is 0 Å². The largest absolute Gasteiger partial charge is 0.462 e. The number of halogens is 2. The molecular weight excluding hydrogens is 541 g/mol. The predicted octanol–water partition coefficient (Wildman–Crippen LogP) is 5.27. The van der Waals surface area contributed by atoms with Gasteiger partial charge in [0.2, 0.25) is 0 Å². The third-order valence-electron chi connectivity index (χ3n) is 5.84. The van der Waals surface area contributed by atoms with E-state index in [1.165, 1.54) is 0 Å². The molecule has 0 spiro atoms. The van der Waals surface area contributed by atoms with Crippen LogP contribution in [0.2, 0.25) is 5.02 Å². The van der Waals surface area contributed by atoms with Gasteiger partial charge in [-0.1, -0.05) is 60.5 Å². The summed E-state index contributed by atoms with van der Waals surface area (Å²) in [7, 11) is 0. The molecule has 2 N–H and O–H groups in total. The molecule has 3 aromatic carbocycles. The molecule has 8 nitrogen and oxygen atoms in total. The number of amides is 3. The average Bonchev–Trinajstić information content (AvgIpc) is 3.14. The summed E-state index contributed by atoms with van der Waals surface area (Å²) in [4.78, 5) is 51.3. The molecule has 0 saturated heterocycles. The van der Waals surface area contributed by atoms with Gasteiger partial charge in [0.25, 0.3) is 17.7 Å². The summed E-state index contributed by atoms with van der Waals surface area (Å²) < 4.78 is 5.13. The van der Waals surface area contributed by atoms with Gasteiger partial charge in [0.15, 0.2) is 0 Å². The molecule has 1 heterocycles. The Balaban J connectivity index is 1.34. The Hall–Kier alpha value is -4.14. The number of benzene rings is 3. The predicted molar refractivity (Wildman–Crippen MR) is 148 cm³/mol. The van der Waals surface area contributed by atoms with E-state index < -0.39 is 17.8 Å². The van der Waals surface area contributed by atoms with Crippen molar-refractivity contribution >= 4 is 52.6 Å². The number of ether oxygens (including phenoxy) is 1. The van der Waals surface area contributed by atoms with Crippen molar-refractivity contribution in [3.8, 4) is 0 Å². The second-order valence-corrected chi connectivity index (χ2v) is 9.55. The van der Waals surface area contributed by atoms with Crippen LogP contribution in [-0.4, -0.2) is 35.2 Å². The summed E-state index contributed by atoms with van der Waals surface area (Å²) in [6, 6.07) is 20.1. The standard InChI is InChI=1S/C29H25Cl2N3O5/c1-2-14-39-29(38)21-4-3-5-23(15-21)33-26(35)20-10-6-18(7-11-20)16-32-25-24(31)27(36)34(28(25)37)17-19-8-12-22(30)13-9-19/h3-13,15,32H,2,14,16-17H2,1H3,(H,33,35). The highest BCUT2D eigenvalue weighted by Gasteiger charge is 2.37. The Bertz CT molecular complexity index is 1440. The molecule has 39 heavy (non-hydrogen) atoms. The van der Waals surface area contributed by atoms with Gasteiger partial charge in [0.1, 0.15) is 10.7 Å². The summed E-state index contributed by atoms with van der Waals surface area (Å²) in [6.07, 6.45) is 0.718. The van der Waals surface area contributed by atoms with Crippen LogP contribution in [0.25, 0.3) is 0 Å². The third-order valence-corrected chi connectivity index (χ3v) is 6.45. The number of nitrogens with one attached hydrogen (secondary N) is 2. The summed E-state index contributed by atoms with van der Waals surface area (Å²) in [5, 5.41) is 6.09. The molecule has 0 fully saturated rings. The number of rotatable bonds is 10. The fourth-order valence-corrected chi connectivity index (χ4v) is 4.16. The van der Waals surface area contributed by atoms with Gasteiger partial charge >= 0.3 is 5.97 Å². The molecule has 3 aromatic rings. The normalized spacial score (nSPS) is 13.1. The lowest BCUT2D eigenvalue weighted by atomic mass is 10.1. The molecule has 0 aromatic heterocycles. The molecule has 0 atom stereocenters. The maximum Gasteiger partial charge on any atom is 0.338 e. The number of carbonyl (C=O) groups excluding carboxylic acids is 4. The summed E-state index contributed by atoms with van der Waals surface area (Å²) in [6.45, 7) is 2.52. The Morgan fingerprint density at radius 2 is 1.56 bits per heavy atom. The summed E-state index contributed by atoms with van der Waals surface area (Å²) in [5.41, 5.74) is 2.74. The number of esters is 1. The first-order chi connectivity index (χ1) is 18.8. The molecule has 0 saturated carbocycles. The van der Waals surface area contributed by atoms with E-state index in [1.54, 1.807) is 72.8 Å². The molecule has 200 valence electrons. The second-order valence-electron chi connectivity index (χ2n) is 8.73. The van der Waals surface area contributed by atoms with Gasteiger partial charge < -0.3 is 15.4 Å². The fraction of sp³-hybridized carbons (Fsp3) is 0.172. The Kier molecular flexibility index (Phi) is 9.01. The lowest BCUT2D eigenvalue weighted by Gasteiger charge is -2.15. The van der Waals surface area contributed by atoms with Crippen molar-refractivity contribution in [2.45, 2.75) is 26.4 Å². The molecule has 0 radical (unpaired) electrons. The molecule has 1 aliphatic heterocycles. The van der Waals surface area contributed by atoms with E-state index in [1.807, 2.05) is 6.92 Å². The highest BCUT2D eigenvalue weighted by molar-refractivity contribution is 6.47. The SMILES string of the molecule is CCCOC(=O)c1cccc(NC(=O)c2ccc(CNC3=C(Cl)C(=O)N(Cc4ccc(Cl)cc4)C3=O)cc2)c1. The zero-order valence-electron chi connectivity index (χ0n) is 21.0. The highest BCUT2D eigenvalue weighted by Crippen LogP contribution is 2.25. The quantitative estimate of drug-likeness (QED) is 0.256. The number of carbonyl (C=O) groups is 4. The van der Waals surface area contributed by atoms with Crippen LogP contribution in [0.5, 0.6) is 0 Å². The van der Waals surface area contributed by atoms with Crippen molar-refractivity contribution in [2.24, 2.45) is 0 Å². The van der Waals surface area contributed by atoms with Crippen LogP contribution < -0.4 is 10.6 Å². The minimum absolute atomic E-state index is 0.0230. The van der Waals surface area contributed by atoms with Gasteiger partial charge in [0, 0.05) is 22.8 Å². The first kappa shape index (κ1) is 27.9. The van der Waals surface area contributed by atoms with E-state index in [0.717, 1.165) is 22.4 Å². The van der Waals surface area contributed by atoms with Crippen molar-refractivity contribution in [1.29, 1.82) is 0 Å². The monoisotopic (exact) mass is 565 g/mol. The number of imide groups is 1. The van der Waals surface area contributed by atoms with E-state index in [4.69, 9.17) is 27.9 Å². The van der Waals surface area contributed by atoms with E-state index in [9.17, 15) is 19.2 Å². The Morgan fingerprint density at radius 3 is 2.26 bits per heavy atom. The summed E-state index contributed by atoms with van der Waals surface area (Å²) >= 11 is 12.1. The van der Waals surface area contributed by atoms with E-state index in [-0.39, 0.29) is 29.7 Å². The minimum atomic E-state index is -0.575. The van der Waals surface area contributed by atoms with Crippen LogP contribution in [0.4, 0.5) is 5.69 Å². The first-order valence-electron chi connectivity index (χ1n) is 12.2. The lowest BCUT2D eigenvalue weighted by molar-refractivity contribution is -0.138. The third kappa shape index (κ3) is 6.85. The zero-order valence-corrected chi connectivity index (χ0v) is 22.5. The van der Waals surface area contributed by atoms with Gasteiger partial charge in [-0.15, -0.1) is 0 Å². The molecule has 3 amide bonds. The van der Waals surface area contributed by atoms with Crippen LogP contribution >= 0.6 is 23.2 Å². The highest BCUT2D eigenvalue weighted by atomic mass is 35.5. The van der Waals surface area contributed by atoms with Gasteiger partial charge in [-0.2, -0.15) is 0 Å². The Labute approximate surface area is 235 Å². The van der Waals surface area contributed by atoms with Crippen LogP contribution in [-0.2, 0) is 27.4 Å². The van der Waals surface area contributed by atoms with Crippen LogP contribution in [0.15, 0.2) is 83.5 Å². The van der Waals surface area contributed by atoms with Gasteiger partial charge in [-0.25, -0.2) is 4.79 Å². The maximum absolute atomic E-state index is 12.8. The molecule has 0 unspecified atom stereocenters. The van der Waals surface area contributed by atoms with Crippen LogP contribution in [0.1, 0.15) is 45.2 Å². The van der Waals surface area contributed by atoms with Crippen molar-refractivity contribution in [2.75, 3.05) is 11.9 Å².